The van der Waals surface area contributed by atoms with E-state index >= 15 is 4.39 Å². The molecule has 0 saturated heterocycles. The van der Waals surface area contributed by atoms with Crippen molar-refractivity contribution in [2.24, 2.45) is 11.8 Å². The lowest BCUT2D eigenvalue weighted by atomic mass is 9.64. The van der Waals surface area contributed by atoms with Crippen molar-refractivity contribution in [1.82, 2.24) is 0 Å². The molecule has 3 atom stereocenters. The Balaban J connectivity index is 1.73. The van der Waals surface area contributed by atoms with E-state index in [0.29, 0.717) is 23.8 Å². The fourth-order valence-corrected chi connectivity index (χ4v) is 5.09. The van der Waals surface area contributed by atoms with E-state index in [1.165, 1.54) is 25.3 Å². The van der Waals surface area contributed by atoms with Gasteiger partial charge in [0.05, 0.1) is 0 Å². The third-order valence-corrected chi connectivity index (χ3v) is 6.58. The molecule has 2 aromatic carbocycles. The number of benzene rings is 2. The Hall–Kier alpha value is -2.28. The Morgan fingerprint density at radius 3 is 2.48 bits per heavy atom. The molecule has 0 bridgehead atoms. The van der Waals surface area contributed by atoms with Gasteiger partial charge in [0.2, 0.25) is 0 Å². The average Bonchev–Trinajstić information content (AvgIpc) is 2.67. The highest BCUT2D eigenvalue weighted by atomic mass is 19.1. The molecule has 1 nitrogen and oxygen atoms in total. The number of nitrogens with zero attached hydrogens (tertiary/aromatic N) is 1. The number of halogens is 3. The van der Waals surface area contributed by atoms with Gasteiger partial charge in [-0.2, -0.15) is 5.26 Å². The summed E-state index contributed by atoms with van der Waals surface area (Å²) in [6.45, 7) is 2.24. The van der Waals surface area contributed by atoms with Crippen LogP contribution in [0.3, 0.4) is 0 Å². The van der Waals surface area contributed by atoms with Gasteiger partial charge in [0, 0.05) is 5.56 Å². The first-order valence-corrected chi connectivity index (χ1v) is 9.74. The summed E-state index contributed by atoms with van der Waals surface area (Å²) >= 11 is 0. The van der Waals surface area contributed by atoms with Crippen molar-refractivity contribution in [2.75, 3.05) is 0 Å². The third-order valence-electron chi connectivity index (χ3n) is 6.58. The Kier molecular flexibility index (Phi) is 4.72. The third kappa shape index (κ3) is 3.04. The van der Waals surface area contributed by atoms with E-state index in [9.17, 15) is 8.78 Å². The Morgan fingerprint density at radius 1 is 1.07 bits per heavy atom. The van der Waals surface area contributed by atoms with E-state index in [0.717, 1.165) is 36.5 Å². The van der Waals surface area contributed by atoms with Crippen molar-refractivity contribution in [3.05, 3.63) is 58.4 Å². The smallest absolute Gasteiger partial charge is 0.144 e. The summed E-state index contributed by atoms with van der Waals surface area (Å²) < 4.78 is 43.2. The minimum atomic E-state index is -0.956. The summed E-state index contributed by atoms with van der Waals surface area (Å²) in [6.07, 6.45) is 6.36. The Labute approximate surface area is 157 Å². The number of nitriles is 1. The van der Waals surface area contributed by atoms with Crippen molar-refractivity contribution in [3.8, 4) is 17.2 Å². The van der Waals surface area contributed by atoms with Crippen LogP contribution in [0.25, 0.3) is 11.1 Å². The predicted molar refractivity (Wildman–Crippen MR) is 98.7 cm³/mol. The lowest BCUT2D eigenvalue weighted by molar-refractivity contribution is 0.205. The highest BCUT2D eigenvalue weighted by Gasteiger charge is 2.36. The summed E-state index contributed by atoms with van der Waals surface area (Å²) in [6, 6.07) is 7.19. The molecule has 4 rings (SSSR count). The van der Waals surface area contributed by atoms with Crippen molar-refractivity contribution in [2.45, 2.75) is 51.4 Å². The van der Waals surface area contributed by atoms with Crippen LogP contribution >= 0.6 is 0 Å². The van der Waals surface area contributed by atoms with Crippen molar-refractivity contribution in [3.63, 3.8) is 0 Å². The molecule has 4 heteroatoms. The SMILES string of the molecule is CCC1CCC2c3ccc(-c4cc(F)c(C#N)c(F)c4)c(F)c3CCC2C1. The van der Waals surface area contributed by atoms with E-state index in [2.05, 4.69) is 6.92 Å². The lowest BCUT2D eigenvalue weighted by Crippen LogP contribution is -2.28. The van der Waals surface area contributed by atoms with Gasteiger partial charge in [0.15, 0.2) is 0 Å². The molecular formula is C23H22F3N. The molecule has 1 saturated carbocycles. The van der Waals surface area contributed by atoms with E-state index < -0.39 is 17.2 Å². The zero-order valence-electron chi connectivity index (χ0n) is 15.4. The highest BCUT2D eigenvalue weighted by molar-refractivity contribution is 5.67. The van der Waals surface area contributed by atoms with Gasteiger partial charge in [-0.15, -0.1) is 0 Å². The van der Waals surface area contributed by atoms with Gasteiger partial charge in [-0.25, -0.2) is 13.2 Å². The second-order valence-electron chi connectivity index (χ2n) is 7.91. The molecule has 2 aliphatic carbocycles. The zero-order valence-corrected chi connectivity index (χ0v) is 15.4. The van der Waals surface area contributed by atoms with Crippen molar-refractivity contribution in [1.29, 1.82) is 5.26 Å². The summed E-state index contributed by atoms with van der Waals surface area (Å²) in [5.41, 5.74) is 1.50. The molecule has 0 heterocycles. The first-order chi connectivity index (χ1) is 13.0. The first-order valence-electron chi connectivity index (χ1n) is 9.74. The monoisotopic (exact) mass is 369 g/mol. The van der Waals surface area contributed by atoms with E-state index in [1.807, 2.05) is 6.07 Å². The molecule has 140 valence electrons. The maximum absolute atomic E-state index is 15.3. The summed E-state index contributed by atoms with van der Waals surface area (Å²) in [7, 11) is 0. The maximum Gasteiger partial charge on any atom is 0.144 e. The normalized spacial score (nSPS) is 24.0. The second kappa shape index (κ2) is 7.03. The number of fused-ring (bicyclic) bond motifs is 3. The summed E-state index contributed by atoms with van der Waals surface area (Å²) in [5, 5.41) is 8.82. The van der Waals surface area contributed by atoms with Crippen LogP contribution in [0.15, 0.2) is 24.3 Å². The van der Waals surface area contributed by atoms with Gasteiger partial charge in [-0.1, -0.05) is 25.5 Å². The molecule has 0 amide bonds. The minimum absolute atomic E-state index is 0.140. The van der Waals surface area contributed by atoms with Crippen LogP contribution < -0.4 is 0 Å². The first kappa shape index (κ1) is 18.1. The fourth-order valence-electron chi connectivity index (χ4n) is 5.09. The van der Waals surface area contributed by atoms with Gasteiger partial charge in [0.1, 0.15) is 29.1 Å². The lowest BCUT2D eigenvalue weighted by Gasteiger charge is -2.40. The number of hydrogen-bond donors (Lipinski definition) is 0. The van der Waals surface area contributed by atoms with Crippen LogP contribution in [0.1, 0.15) is 61.6 Å². The van der Waals surface area contributed by atoms with E-state index in [-0.39, 0.29) is 16.9 Å². The number of hydrogen-bond acceptors (Lipinski definition) is 1. The molecule has 2 aromatic rings. The molecule has 2 aliphatic rings. The molecule has 3 unspecified atom stereocenters. The quantitative estimate of drug-likeness (QED) is 0.593. The molecule has 1 fully saturated rings. The van der Waals surface area contributed by atoms with E-state index in [1.54, 1.807) is 6.07 Å². The van der Waals surface area contributed by atoms with Gasteiger partial charge < -0.3 is 0 Å². The van der Waals surface area contributed by atoms with Crippen molar-refractivity contribution < 1.29 is 13.2 Å². The topological polar surface area (TPSA) is 23.8 Å². The molecule has 0 spiro atoms. The van der Waals surface area contributed by atoms with Crippen LogP contribution in [0, 0.1) is 40.6 Å². The van der Waals surface area contributed by atoms with Crippen LogP contribution in [-0.4, -0.2) is 0 Å². The second-order valence-corrected chi connectivity index (χ2v) is 7.91. The summed E-state index contributed by atoms with van der Waals surface area (Å²) in [4.78, 5) is 0. The molecule has 0 aliphatic heterocycles. The Bertz CT molecular complexity index is 905. The average molecular weight is 369 g/mol. The summed E-state index contributed by atoms with van der Waals surface area (Å²) in [5.74, 6) is -0.487. The van der Waals surface area contributed by atoms with E-state index in [4.69, 9.17) is 5.26 Å². The van der Waals surface area contributed by atoms with Gasteiger partial charge in [0.25, 0.3) is 0 Å². The molecular weight excluding hydrogens is 347 g/mol. The van der Waals surface area contributed by atoms with Crippen LogP contribution in [0.4, 0.5) is 13.2 Å². The van der Waals surface area contributed by atoms with Crippen molar-refractivity contribution >= 4 is 0 Å². The largest absolute Gasteiger partial charge is 0.206 e. The van der Waals surface area contributed by atoms with Gasteiger partial charge in [-0.05, 0) is 78.7 Å². The molecule has 27 heavy (non-hydrogen) atoms. The van der Waals surface area contributed by atoms with Crippen LogP contribution in [-0.2, 0) is 6.42 Å². The number of rotatable bonds is 2. The highest BCUT2D eigenvalue weighted by Crippen LogP contribution is 2.48. The fraction of sp³-hybridized carbons (Fsp3) is 0.435. The standard InChI is InChI=1S/C23H22F3N/c1-2-13-3-5-16-14(9-13)4-6-19-18(16)8-7-17(23(19)26)15-10-21(24)20(12-27)22(25)11-15/h7-8,10-11,13-14,16H,2-6,9H2,1H3. The van der Waals surface area contributed by atoms with Gasteiger partial charge in [-0.3, -0.25) is 0 Å². The predicted octanol–water partition coefficient (Wildman–Crippen LogP) is 6.50. The molecule has 0 N–H and O–H groups in total. The zero-order chi connectivity index (χ0) is 19.1. The van der Waals surface area contributed by atoms with Crippen LogP contribution in [0.5, 0.6) is 0 Å². The van der Waals surface area contributed by atoms with Crippen LogP contribution in [0.2, 0.25) is 0 Å². The maximum atomic E-state index is 15.3. The minimum Gasteiger partial charge on any atom is -0.206 e. The Morgan fingerprint density at radius 2 is 1.81 bits per heavy atom. The molecule has 0 radical (unpaired) electrons. The van der Waals surface area contributed by atoms with Gasteiger partial charge >= 0.3 is 0 Å². The molecule has 0 aromatic heterocycles.